The van der Waals surface area contributed by atoms with Gasteiger partial charge in [0.05, 0.1) is 12.5 Å². The highest BCUT2D eigenvalue weighted by atomic mass is 79.9. The number of hydrogen-bond acceptors (Lipinski definition) is 3. The zero-order valence-electron chi connectivity index (χ0n) is 7.70. The highest BCUT2D eigenvalue weighted by molar-refractivity contribution is 9.18. The minimum Gasteiger partial charge on any atom is -0.398 e. The zero-order valence-corrected chi connectivity index (χ0v) is 9.28. The average Bonchev–Trinajstić information content (AvgIpc) is 2.19. The molecule has 0 aliphatic rings. The maximum atomic E-state index is 8.62. The fourth-order valence-corrected chi connectivity index (χ4v) is 1.62. The molecule has 0 spiro atoms. The highest BCUT2D eigenvalue weighted by Gasteiger charge is 2.05. The van der Waals surface area contributed by atoms with Crippen molar-refractivity contribution in [2.24, 2.45) is 5.16 Å². The number of nitriles is 1. The Hall–Kier alpha value is -1.34. The fourth-order valence-electron chi connectivity index (χ4n) is 1.09. The van der Waals surface area contributed by atoms with Gasteiger partial charge in [0.1, 0.15) is 7.11 Å². The molecule has 1 rings (SSSR count). The minimum atomic E-state index is 0.366. The number of rotatable bonds is 3. The Bertz CT molecular complexity index is 382. The zero-order chi connectivity index (χ0) is 10.4. The van der Waals surface area contributed by atoms with E-state index in [1.807, 2.05) is 24.3 Å². The minimum absolute atomic E-state index is 0.366. The van der Waals surface area contributed by atoms with E-state index >= 15 is 0 Å². The van der Waals surface area contributed by atoms with E-state index in [-0.39, 0.29) is 0 Å². The molecule has 0 aromatic heterocycles. The lowest BCUT2D eigenvalue weighted by Crippen LogP contribution is -1.97. The Kier molecular flexibility index (Phi) is 4.14. The van der Waals surface area contributed by atoms with Crippen molar-refractivity contribution >= 4 is 20.6 Å². The van der Waals surface area contributed by atoms with Gasteiger partial charge in [0, 0.05) is 5.56 Å². The third kappa shape index (κ3) is 2.57. The molecule has 1 aromatic rings. The van der Waals surface area contributed by atoms with Gasteiger partial charge in [-0.05, 0) is 21.5 Å². The van der Waals surface area contributed by atoms with E-state index in [1.54, 1.807) is 0 Å². The van der Waals surface area contributed by atoms with Gasteiger partial charge >= 0.3 is 0 Å². The van der Waals surface area contributed by atoms with Gasteiger partial charge in [-0.15, -0.1) is 0 Å². The molecule has 0 bridgehead atoms. The van der Waals surface area contributed by atoms with Crippen LogP contribution in [0.5, 0.6) is 0 Å². The molecule has 0 unspecified atom stereocenters. The number of nitrogens with zero attached hydrogens (tertiary/aromatic N) is 2. The molecule has 0 atom stereocenters. The summed E-state index contributed by atoms with van der Waals surface area (Å²) in [5, 5.41) is 12.4. The molecule has 14 heavy (non-hydrogen) atoms. The molecule has 0 N–H and O–H groups in total. The van der Waals surface area contributed by atoms with Crippen molar-refractivity contribution in [2.75, 3.05) is 7.11 Å². The first-order valence-corrected chi connectivity index (χ1v) is 4.80. The smallest absolute Gasteiger partial charge is 0.152 e. The van der Waals surface area contributed by atoms with Crippen LogP contribution >= 0.6 is 15.9 Å². The normalized spacial score (nSPS) is 10.8. The van der Waals surface area contributed by atoms with Crippen LogP contribution in [0.2, 0.25) is 0 Å². The quantitative estimate of drug-likeness (QED) is 0.613. The first kappa shape index (κ1) is 10.7. The maximum Gasteiger partial charge on any atom is 0.152 e. The van der Waals surface area contributed by atoms with Crippen LogP contribution in [0.3, 0.4) is 0 Å². The number of hydrogen-bond donors (Lipinski definition) is 0. The summed E-state index contributed by atoms with van der Waals surface area (Å²) in [7, 11) is 1.48. The summed E-state index contributed by atoms with van der Waals surface area (Å²) in [6, 6.07) is 9.67. The molecule has 0 amide bonds. The molecular weight excluding hydrogens is 244 g/mol. The van der Waals surface area contributed by atoms with Gasteiger partial charge in [0.25, 0.3) is 0 Å². The average molecular weight is 253 g/mol. The summed E-state index contributed by atoms with van der Waals surface area (Å²) in [6.45, 7) is 0. The van der Waals surface area contributed by atoms with Crippen molar-refractivity contribution in [1.82, 2.24) is 0 Å². The molecule has 0 aliphatic heterocycles. The van der Waals surface area contributed by atoms with Crippen LogP contribution in [-0.2, 0) is 11.3 Å². The Balaban J connectivity index is 3.07. The molecule has 0 saturated heterocycles. The van der Waals surface area contributed by atoms with E-state index in [9.17, 15) is 0 Å². The molecule has 0 radical (unpaired) electrons. The molecule has 0 fully saturated rings. The highest BCUT2D eigenvalue weighted by Crippen LogP contribution is 2.14. The number of oxime groups is 1. The lowest BCUT2D eigenvalue weighted by Gasteiger charge is -2.03. The van der Waals surface area contributed by atoms with Gasteiger partial charge in [0.2, 0.25) is 0 Å². The van der Waals surface area contributed by atoms with E-state index in [0.717, 1.165) is 11.1 Å². The van der Waals surface area contributed by atoms with Crippen molar-refractivity contribution in [3.8, 4) is 6.07 Å². The van der Waals surface area contributed by atoms with Gasteiger partial charge in [-0.1, -0.05) is 29.4 Å². The third-order valence-corrected chi connectivity index (χ3v) is 2.25. The Morgan fingerprint density at radius 2 is 2.29 bits per heavy atom. The lowest BCUT2D eigenvalue weighted by atomic mass is 10.1. The molecular formula is C10H9BrN2O. The molecule has 3 nitrogen and oxygen atoms in total. The SMILES string of the molecule is CO/N=C(/Br)c1ccccc1CC#N. The van der Waals surface area contributed by atoms with E-state index in [1.165, 1.54) is 7.11 Å². The second kappa shape index (κ2) is 5.40. The Morgan fingerprint density at radius 1 is 1.57 bits per heavy atom. The van der Waals surface area contributed by atoms with Crippen LogP contribution in [-0.4, -0.2) is 11.7 Å². The summed E-state index contributed by atoms with van der Waals surface area (Å²) in [4.78, 5) is 4.65. The van der Waals surface area contributed by atoms with Gasteiger partial charge < -0.3 is 4.84 Å². The summed E-state index contributed by atoms with van der Waals surface area (Å²) < 4.78 is 0.603. The van der Waals surface area contributed by atoms with Crippen molar-refractivity contribution in [3.05, 3.63) is 35.4 Å². The summed E-state index contributed by atoms with van der Waals surface area (Å²) in [5.74, 6) is 0. The van der Waals surface area contributed by atoms with Gasteiger partial charge in [0.15, 0.2) is 4.62 Å². The Labute approximate surface area is 91.1 Å². The van der Waals surface area contributed by atoms with E-state index in [2.05, 4.69) is 32.0 Å². The van der Waals surface area contributed by atoms with Crippen LogP contribution in [0, 0.1) is 11.3 Å². The summed E-state index contributed by atoms with van der Waals surface area (Å²) in [6.07, 6.45) is 0.366. The summed E-state index contributed by atoms with van der Waals surface area (Å²) >= 11 is 3.28. The molecule has 4 heteroatoms. The van der Waals surface area contributed by atoms with Gasteiger partial charge in [-0.3, -0.25) is 0 Å². The van der Waals surface area contributed by atoms with Crippen molar-refractivity contribution < 1.29 is 4.84 Å². The third-order valence-electron chi connectivity index (χ3n) is 1.68. The van der Waals surface area contributed by atoms with E-state index in [0.29, 0.717) is 11.0 Å². The maximum absolute atomic E-state index is 8.62. The van der Waals surface area contributed by atoms with Crippen LogP contribution in [0.15, 0.2) is 29.4 Å². The van der Waals surface area contributed by atoms with Gasteiger partial charge in [-0.25, -0.2) is 0 Å². The van der Waals surface area contributed by atoms with Crippen LogP contribution in [0.4, 0.5) is 0 Å². The predicted molar refractivity (Wildman–Crippen MR) is 58.2 cm³/mol. The molecule has 72 valence electrons. The van der Waals surface area contributed by atoms with Crippen LogP contribution in [0.1, 0.15) is 11.1 Å². The summed E-state index contributed by atoms with van der Waals surface area (Å²) in [5.41, 5.74) is 1.82. The standard InChI is InChI=1S/C10H9BrN2O/c1-14-13-10(11)9-5-3-2-4-8(9)6-7-12/h2-5H,6H2,1H3/b13-10+. The second-order valence-electron chi connectivity index (χ2n) is 2.56. The van der Waals surface area contributed by atoms with E-state index in [4.69, 9.17) is 5.26 Å². The molecule has 0 saturated carbocycles. The van der Waals surface area contributed by atoms with Crippen molar-refractivity contribution in [1.29, 1.82) is 5.26 Å². The van der Waals surface area contributed by atoms with E-state index < -0.39 is 0 Å². The lowest BCUT2D eigenvalue weighted by molar-refractivity contribution is 0.215. The largest absolute Gasteiger partial charge is 0.398 e. The predicted octanol–water partition coefficient (Wildman–Crippen LogP) is 2.46. The van der Waals surface area contributed by atoms with Crippen molar-refractivity contribution in [2.45, 2.75) is 6.42 Å². The molecule has 0 aliphatic carbocycles. The van der Waals surface area contributed by atoms with Crippen molar-refractivity contribution in [3.63, 3.8) is 0 Å². The monoisotopic (exact) mass is 252 g/mol. The first-order valence-electron chi connectivity index (χ1n) is 4.01. The second-order valence-corrected chi connectivity index (χ2v) is 3.31. The Morgan fingerprint density at radius 3 is 2.93 bits per heavy atom. The van der Waals surface area contributed by atoms with Crippen LogP contribution in [0.25, 0.3) is 0 Å². The number of benzene rings is 1. The first-order chi connectivity index (χ1) is 6.79. The van der Waals surface area contributed by atoms with Gasteiger partial charge in [-0.2, -0.15) is 5.26 Å². The molecule has 1 aromatic carbocycles. The fraction of sp³-hybridized carbons (Fsp3) is 0.200. The number of halogens is 1. The molecule has 0 heterocycles. The van der Waals surface area contributed by atoms with Crippen LogP contribution < -0.4 is 0 Å². The topological polar surface area (TPSA) is 45.4 Å².